The number of H-pyrrole nitrogens is 1. The van der Waals surface area contributed by atoms with Crippen LogP contribution in [-0.4, -0.2) is 40.0 Å². The van der Waals surface area contributed by atoms with Gasteiger partial charge in [-0.25, -0.2) is 5.10 Å². The molecule has 2 N–H and O–H groups in total. The summed E-state index contributed by atoms with van der Waals surface area (Å²) in [5, 5.41) is 8.68. The standard InChI is InChI=1S/C17H18N4O3/c1-18-16(23)12-4-2-11(3-5-12)10-21(13-6-7-13)17(24)14-8-9-15(22)20-19-14/h2-5,8-9,13H,6-7,10H2,1H3,(H,18,23)(H,20,22). The monoisotopic (exact) mass is 326 g/mol. The van der Waals surface area contributed by atoms with Gasteiger partial charge in [-0.15, -0.1) is 0 Å². The topological polar surface area (TPSA) is 95.2 Å². The number of amides is 2. The molecule has 1 aromatic heterocycles. The first-order chi connectivity index (χ1) is 11.6. The Morgan fingerprint density at radius 1 is 1.21 bits per heavy atom. The summed E-state index contributed by atoms with van der Waals surface area (Å²) in [6.45, 7) is 0.443. The van der Waals surface area contributed by atoms with E-state index in [1.165, 1.54) is 12.1 Å². The SMILES string of the molecule is CNC(=O)c1ccc(CN(C(=O)c2ccc(=O)[nH]n2)C2CC2)cc1. The third-order valence-electron chi connectivity index (χ3n) is 3.94. The molecule has 1 heterocycles. The van der Waals surface area contributed by atoms with Crippen molar-refractivity contribution in [3.05, 3.63) is 63.6 Å². The number of hydrogen-bond acceptors (Lipinski definition) is 4. The van der Waals surface area contributed by atoms with Crippen LogP contribution in [0.15, 0.2) is 41.2 Å². The van der Waals surface area contributed by atoms with Crippen LogP contribution in [0.2, 0.25) is 0 Å². The quantitative estimate of drug-likeness (QED) is 0.854. The molecule has 1 saturated carbocycles. The van der Waals surface area contributed by atoms with E-state index in [4.69, 9.17) is 0 Å². The summed E-state index contributed by atoms with van der Waals surface area (Å²) < 4.78 is 0. The van der Waals surface area contributed by atoms with Crippen molar-refractivity contribution >= 4 is 11.8 Å². The van der Waals surface area contributed by atoms with E-state index in [9.17, 15) is 14.4 Å². The molecule has 0 unspecified atom stereocenters. The zero-order chi connectivity index (χ0) is 17.1. The molecule has 7 nitrogen and oxygen atoms in total. The Bertz CT molecular complexity index is 789. The predicted molar refractivity (Wildman–Crippen MR) is 87.6 cm³/mol. The van der Waals surface area contributed by atoms with E-state index in [2.05, 4.69) is 15.5 Å². The number of nitrogens with one attached hydrogen (secondary N) is 2. The van der Waals surface area contributed by atoms with Crippen molar-refractivity contribution in [2.24, 2.45) is 0 Å². The number of nitrogens with zero attached hydrogens (tertiary/aromatic N) is 2. The molecule has 1 aliphatic rings. The van der Waals surface area contributed by atoms with Gasteiger partial charge >= 0.3 is 0 Å². The van der Waals surface area contributed by atoms with Crippen molar-refractivity contribution in [3.8, 4) is 0 Å². The molecule has 1 aromatic carbocycles. The molecule has 1 fully saturated rings. The van der Waals surface area contributed by atoms with E-state index in [0.717, 1.165) is 18.4 Å². The first-order valence-corrected chi connectivity index (χ1v) is 7.76. The van der Waals surface area contributed by atoms with E-state index in [-0.39, 0.29) is 29.1 Å². The van der Waals surface area contributed by atoms with Gasteiger partial charge < -0.3 is 10.2 Å². The van der Waals surface area contributed by atoms with Gasteiger partial charge in [-0.2, -0.15) is 5.10 Å². The summed E-state index contributed by atoms with van der Waals surface area (Å²) in [4.78, 5) is 37.1. The van der Waals surface area contributed by atoms with Gasteiger partial charge in [-0.3, -0.25) is 14.4 Å². The van der Waals surface area contributed by atoms with Crippen LogP contribution in [0.25, 0.3) is 0 Å². The average Bonchev–Trinajstić information content (AvgIpc) is 3.44. The lowest BCUT2D eigenvalue weighted by atomic mass is 10.1. The van der Waals surface area contributed by atoms with Gasteiger partial charge in [0.2, 0.25) is 0 Å². The highest BCUT2D eigenvalue weighted by Gasteiger charge is 2.33. The molecule has 0 bridgehead atoms. The normalized spacial score (nSPS) is 13.4. The highest BCUT2D eigenvalue weighted by molar-refractivity contribution is 5.94. The van der Waals surface area contributed by atoms with Crippen molar-refractivity contribution < 1.29 is 9.59 Å². The van der Waals surface area contributed by atoms with Crippen molar-refractivity contribution in [2.45, 2.75) is 25.4 Å². The summed E-state index contributed by atoms with van der Waals surface area (Å²) in [7, 11) is 1.58. The summed E-state index contributed by atoms with van der Waals surface area (Å²) in [5.74, 6) is -0.349. The third-order valence-corrected chi connectivity index (χ3v) is 3.94. The number of hydrogen-bond donors (Lipinski definition) is 2. The molecule has 3 rings (SSSR count). The molecule has 0 saturated heterocycles. The van der Waals surface area contributed by atoms with Crippen LogP contribution in [0.1, 0.15) is 39.3 Å². The Morgan fingerprint density at radius 3 is 2.46 bits per heavy atom. The van der Waals surface area contributed by atoms with E-state index in [0.29, 0.717) is 12.1 Å². The number of carbonyl (C=O) groups excluding carboxylic acids is 2. The molecule has 0 spiro atoms. The predicted octanol–water partition coefficient (Wildman–Crippen LogP) is 0.934. The maximum Gasteiger partial charge on any atom is 0.274 e. The second-order valence-electron chi connectivity index (χ2n) is 5.75. The maximum absolute atomic E-state index is 12.6. The molecule has 7 heteroatoms. The molecular formula is C17H18N4O3. The Labute approximate surface area is 138 Å². The summed E-state index contributed by atoms with van der Waals surface area (Å²) >= 11 is 0. The minimum absolute atomic E-state index is 0.144. The van der Waals surface area contributed by atoms with Crippen molar-refractivity contribution in [1.29, 1.82) is 0 Å². The molecule has 124 valence electrons. The lowest BCUT2D eigenvalue weighted by Crippen LogP contribution is -2.33. The van der Waals surface area contributed by atoms with Gasteiger partial charge in [-0.05, 0) is 36.6 Å². The van der Waals surface area contributed by atoms with Crippen LogP contribution in [0.4, 0.5) is 0 Å². The Hall–Kier alpha value is -2.96. The molecule has 0 atom stereocenters. The Morgan fingerprint density at radius 2 is 1.92 bits per heavy atom. The molecule has 2 amide bonds. The fourth-order valence-electron chi connectivity index (χ4n) is 2.47. The highest BCUT2D eigenvalue weighted by Crippen LogP contribution is 2.29. The number of carbonyl (C=O) groups is 2. The van der Waals surface area contributed by atoms with Gasteiger partial charge in [0.05, 0.1) is 0 Å². The second-order valence-corrected chi connectivity index (χ2v) is 5.75. The van der Waals surface area contributed by atoms with E-state index in [1.807, 2.05) is 12.1 Å². The van der Waals surface area contributed by atoms with Crippen LogP contribution in [-0.2, 0) is 6.54 Å². The van der Waals surface area contributed by atoms with Crippen LogP contribution >= 0.6 is 0 Å². The largest absolute Gasteiger partial charge is 0.355 e. The van der Waals surface area contributed by atoms with Gasteiger partial charge in [-0.1, -0.05) is 12.1 Å². The average molecular weight is 326 g/mol. The van der Waals surface area contributed by atoms with Crippen LogP contribution in [0.3, 0.4) is 0 Å². The zero-order valence-electron chi connectivity index (χ0n) is 13.3. The molecular weight excluding hydrogens is 308 g/mol. The fraction of sp³-hybridized carbons (Fsp3) is 0.294. The minimum atomic E-state index is -0.339. The van der Waals surface area contributed by atoms with Crippen LogP contribution < -0.4 is 10.9 Å². The third kappa shape index (κ3) is 3.51. The van der Waals surface area contributed by atoms with Gasteiger partial charge in [0.1, 0.15) is 5.69 Å². The molecule has 24 heavy (non-hydrogen) atoms. The smallest absolute Gasteiger partial charge is 0.274 e. The van der Waals surface area contributed by atoms with Crippen LogP contribution in [0.5, 0.6) is 0 Å². The maximum atomic E-state index is 12.6. The second kappa shape index (κ2) is 6.66. The van der Waals surface area contributed by atoms with Gasteiger partial charge in [0, 0.05) is 31.3 Å². The molecule has 0 aliphatic heterocycles. The van der Waals surface area contributed by atoms with Gasteiger partial charge in [0.15, 0.2) is 0 Å². The number of aromatic nitrogens is 2. The lowest BCUT2D eigenvalue weighted by molar-refractivity contribution is 0.0722. The van der Waals surface area contributed by atoms with E-state index in [1.54, 1.807) is 24.1 Å². The Balaban J connectivity index is 1.77. The summed E-state index contributed by atoms with van der Waals surface area (Å²) in [6.07, 6.45) is 1.93. The van der Waals surface area contributed by atoms with E-state index < -0.39 is 0 Å². The van der Waals surface area contributed by atoms with Crippen LogP contribution in [0, 0.1) is 0 Å². The summed E-state index contributed by atoms with van der Waals surface area (Å²) in [5.41, 5.74) is 1.40. The summed E-state index contributed by atoms with van der Waals surface area (Å²) in [6, 6.07) is 10.1. The van der Waals surface area contributed by atoms with E-state index >= 15 is 0 Å². The molecule has 1 aliphatic carbocycles. The zero-order valence-corrected chi connectivity index (χ0v) is 13.3. The Kier molecular flexibility index (Phi) is 4.41. The minimum Gasteiger partial charge on any atom is -0.355 e. The van der Waals surface area contributed by atoms with Crippen molar-refractivity contribution in [3.63, 3.8) is 0 Å². The number of aromatic amines is 1. The molecule has 0 radical (unpaired) electrons. The van der Waals surface area contributed by atoms with Gasteiger partial charge in [0.25, 0.3) is 17.4 Å². The molecule has 2 aromatic rings. The van der Waals surface area contributed by atoms with Crippen molar-refractivity contribution in [1.82, 2.24) is 20.4 Å². The lowest BCUT2D eigenvalue weighted by Gasteiger charge is -2.22. The highest BCUT2D eigenvalue weighted by atomic mass is 16.2. The first kappa shape index (κ1) is 15.9. The first-order valence-electron chi connectivity index (χ1n) is 7.76. The number of benzene rings is 1. The fourth-order valence-corrected chi connectivity index (χ4v) is 2.47. The number of rotatable bonds is 5. The van der Waals surface area contributed by atoms with Crippen molar-refractivity contribution in [2.75, 3.05) is 7.05 Å².